The number of aromatic nitrogens is 1. The number of aromatic amines is 1. The van der Waals surface area contributed by atoms with Gasteiger partial charge in [-0.1, -0.05) is 6.07 Å². The van der Waals surface area contributed by atoms with Crippen LogP contribution in [0.4, 0.5) is 8.78 Å². The molecule has 2 heterocycles. The van der Waals surface area contributed by atoms with Gasteiger partial charge in [-0.15, -0.1) is 11.3 Å². The van der Waals surface area contributed by atoms with Crippen molar-refractivity contribution >= 4 is 29.3 Å². The molecule has 0 bridgehead atoms. The summed E-state index contributed by atoms with van der Waals surface area (Å²) < 4.78 is 31.7. The van der Waals surface area contributed by atoms with Crippen LogP contribution >= 0.6 is 11.3 Å². The summed E-state index contributed by atoms with van der Waals surface area (Å²) in [5.74, 6) is -2.18. The number of nitrogens with one attached hydrogen (secondary N) is 1. The highest BCUT2D eigenvalue weighted by Gasteiger charge is 2.06. The van der Waals surface area contributed by atoms with Crippen molar-refractivity contribution in [3.05, 3.63) is 79.1 Å². The topological polar surface area (TPSA) is 63.1 Å². The minimum absolute atomic E-state index is 0.158. The van der Waals surface area contributed by atoms with Gasteiger partial charge in [0, 0.05) is 6.08 Å². The van der Waals surface area contributed by atoms with Gasteiger partial charge in [0.15, 0.2) is 17.4 Å². The van der Waals surface area contributed by atoms with E-state index in [9.17, 15) is 18.4 Å². The standard InChI is InChI=1S/C16H9F2NO3S/c17-10-4-3-9(6-11(10)18)7-14-16(21)19-15(23-14)8-12(20)13-2-1-5-22-13/h1-8H,(H,19,21)/b14-7-,15-8-. The van der Waals surface area contributed by atoms with Gasteiger partial charge < -0.3 is 9.40 Å². The third-order valence-electron chi connectivity index (χ3n) is 2.95. The molecular weight excluding hydrogens is 324 g/mol. The van der Waals surface area contributed by atoms with E-state index >= 15 is 0 Å². The average Bonchev–Trinajstić information content (AvgIpc) is 3.14. The number of Topliss-reactive ketones (excluding diaryl/α,β-unsaturated/α-hetero) is 1. The summed E-state index contributed by atoms with van der Waals surface area (Å²) >= 11 is 1.03. The zero-order valence-corrected chi connectivity index (χ0v) is 12.3. The van der Waals surface area contributed by atoms with Crippen LogP contribution in [-0.4, -0.2) is 10.8 Å². The molecule has 0 aliphatic rings. The number of benzene rings is 1. The van der Waals surface area contributed by atoms with Crippen LogP contribution in [0.3, 0.4) is 0 Å². The molecule has 23 heavy (non-hydrogen) atoms. The van der Waals surface area contributed by atoms with Crippen molar-refractivity contribution in [3.8, 4) is 0 Å². The first-order chi connectivity index (χ1) is 11.0. The van der Waals surface area contributed by atoms with E-state index in [1.54, 1.807) is 6.07 Å². The second-order valence-electron chi connectivity index (χ2n) is 4.59. The van der Waals surface area contributed by atoms with E-state index in [1.807, 2.05) is 0 Å². The fourth-order valence-corrected chi connectivity index (χ4v) is 2.77. The average molecular weight is 333 g/mol. The lowest BCUT2D eigenvalue weighted by Crippen LogP contribution is -2.20. The Labute approximate surface area is 132 Å². The fourth-order valence-electron chi connectivity index (χ4n) is 1.89. The molecule has 1 aromatic carbocycles. The lowest BCUT2D eigenvalue weighted by atomic mass is 10.2. The highest BCUT2D eigenvalue weighted by Crippen LogP contribution is 2.08. The summed E-state index contributed by atoms with van der Waals surface area (Å²) in [7, 11) is 0. The maximum atomic E-state index is 13.2. The zero-order chi connectivity index (χ0) is 16.4. The second kappa shape index (κ2) is 6.13. The second-order valence-corrected chi connectivity index (χ2v) is 5.67. The van der Waals surface area contributed by atoms with Crippen LogP contribution in [0, 0.1) is 11.6 Å². The third kappa shape index (κ3) is 3.35. The zero-order valence-electron chi connectivity index (χ0n) is 11.5. The molecular formula is C16H9F2NO3S. The number of H-pyrrole nitrogens is 1. The number of ketones is 1. The first kappa shape index (κ1) is 15.1. The lowest BCUT2D eigenvalue weighted by Gasteiger charge is -1.93. The summed E-state index contributed by atoms with van der Waals surface area (Å²) in [6.07, 6.45) is 4.04. The van der Waals surface area contributed by atoms with Crippen molar-refractivity contribution in [3.63, 3.8) is 0 Å². The van der Waals surface area contributed by atoms with Crippen molar-refractivity contribution in [2.45, 2.75) is 0 Å². The monoisotopic (exact) mass is 333 g/mol. The molecule has 4 nitrogen and oxygen atoms in total. The van der Waals surface area contributed by atoms with Gasteiger partial charge in [0.1, 0.15) is 0 Å². The Morgan fingerprint density at radius 2 is 2.04 bits per heavy atom. The van der Waals surface area contributed by atoms with Crippen molar-refractivity contribution in [1.82, 2.24) is 4.98 Å². The van der Waals surface area contributed by atoms with Gasteiger partial charge in [0.25, 0.3) is 5.56 Å². The first-order valence-electron chi connectivity index (χ1n) is 6.48. The van der Waals surface area contributed by atoms with E-state index in [2.05, 4.69) is 4.98 Å². The van der Waals surface area contributed by atoms with Gasteiger partial charge in [-0.3, -0.25) is 9.59 Å². The normalized spacial score (nSPS) is 12.8. The highest BCUT2D eigenvalue weighted by atomic mass is 32.1. The largest absolute Gasteiger partial charge is 0.461 e. The minimum atomic E-state index is -0.994. The van der Waals surface area contributed by atoms with Crippen molar-refractivity contribution in [2.75, 3.05) is 0 Å². The molecule has 0 unspecified atom stereocenters. The maximum Gasteiger partial charge on any atom is 0.266 e. The molecule has 7 heteroatoms. The molecule has 0 amide bonds. The number of furan rings is 1. The molecule has 0 aliphatic carbocycles. The van der Waals surface area contributed by atoms with Gasteiger partial charge in [-0.05, 0) is 35.9 Å². The number of hydrogen-bond donors (Lipinski definition) is 1. The predicted molar refractivity (Wildman–Crippen MR) is 81.6 cm³/mol. The number of thiazole rings is 1. The molecule has 0 saturated heterocycles. The molecule has 0 atom stereocenters. The van der Waals surface area contributed by atoms with Gasteiger partial charge in [0.2, 0.25) is 5.78 Å². The van der Waals surface area contributed by atoms with Gasteiger partial charge >= 0.3 is 0 Å². The predicted octanol–water partition coefficient (Wildman–Crippen LogP) is 1.80. The SMILES string of the molecule is O=C(/C=c1/[nH]c(=O)/c(=C/c2ccc(F)c(F)c2)s1)c1ccco1. The summed E-state index contributed by atoms with van der Waals surface area (Å²) in [6.45, 7) is 0. The van der Waals surface area contributed by atoms with Crippen LogP contribution in [0.1, 0.15) is 16.1 Å². The Kier molecular flexibility index (Phi) is 4.03. The van der Waals surface area contributed by atoms with Crippen LogP contribution in [0.15, 0.2) is 45.8 Å². The summed E-state index contributed by atoms with van der Waals surface area (Å²) in [5, 5.41) is 0. The molecule has 3 rings (SSSR count). The Morgan fingerprint density at radius 1 is 1.22 bits per heavy atom. The number of carbonyl (C=O) groups is 1. The Morgan fingerprint density at radius 3 is 2.74 bits per heavy atom. The van der Waals surface area contributed by atoms with Crippen LogP contribution < -0.4 is 14.8 Å². The summed E-state index contributed by atoms with van der Waals surface area (Å²) in [6, 6.07) is 6.43. The molecule has 3 aromatic rings. The quantitative estimate of drug-likeness (QED) is 0.744. The van der Waals surface area contributed by atoms with Crippen molar-refractivity contribution in [1.29, 1.82) is 0 Å². The fraction of sp³-hybridized carbons (Fsp3) is 0. The lowest BCUT2D eigenvalue weighted by molar-refractivity contribution is 0.103. The molecule has 0 radical (unpaired) electrons. The van der Waals surface area contributed by atoms with E-state index in [0.717, 1.165) is 23.5 Å². The Bertz CT molecular complexity index is 1030. The first-order valence-corrected chi connectivity index (χ1v) is 7.30. The Hall–Kier alpha value is -2.80. The molecule has 0 fully saturated rings. The minimum Gasteiger partial charge on any atom is -0.461 e. The molecule has 1 N–H and O–H groups in total. The van der Waals surface area contributed by atoms with E-state index in [0.29, 0.717) is 10.2 Å². The van der Waals surface area contributed by atoms with Crippen LogP contribution in [0.25, 0.3) is 12.2 Å². The maximum absolute atomic E-state index is 13.2. The third-order valence-corrected chi connectivity index (χ3v) is 3.91. The van der Waals surface area contributed by atoms with Crippen molar-refractivity contribution < 1.29 is 18.0 Å². The molecule has 2 aromatic heterocycles. The van der Waals surface area contributed by atoms with Gasteiger partial charge in [-0.25, -0.2) is 8.78 Å². The summed E-state index contributed by atoms with van der Waals surface area (Å²) in [4.78, 5) is 26.3. The Balaban J connectivity index is 2.01. The van der Waals surface area contributed by atoms with Crippen LogP contribution in [0.5, 0.6) is 0 Å². The van der Waals surface area contributed by atoms with Gasteiger partial charge in [0.05, 0.1) is 15.5 Å². The number of halogens is 2. The van der Waals surface area contributed by atoms with E-state index in [1.165, 1.54) is 30.5 Å². The molecule has 116 valence electrons. The van der Waals surface area contributed by atoms with Crippen LogP contribution in [0.2, 0.25) is 0 Å². The van der Waals surface area contributed by atoms with E-state index < -0.39 is 17.2 Å². The number of carbonyl (C=O) groups excluding carboxylic acids is 1. The van der Waals surface area contributed by atoms with E-state index in [-0.39, 0.29) is 16.1 Å². The number of hydrogen-bond acceptors (Lipinski definition) is 4. The van der Waals surface area contributed by atoms with Crippen molar-refractivity contribution in [2.24, 2.45) is 0 Å². The summed E-state index contributed by atoms with van der Waals surface area (Å²) in [5.41, 5.74) is -0.0709. The van der Waals surface area contributed by atoms with E-state index in [4.69, 9.17) is 4.42 Å². The highest BCUT2D eigenvalue weighted by molar-refractivity contribution is 7.07. The number of rotatable bonds is 3. The molecule has 0 saturated carbocycles. The smallest absolute Gasteiger partial charge is 0.266 e. The molecule has 0 aliphatic heterocycles. The van der Waals surface area contributed by atoms with Crippen LogP contribution in [-0.2, 0) is 0 Å². The van der Waals surface area contributed by atoms with Gasteiger partial charge in [-0.2, -0.15) is 0 Å². The molecule has 0 spiro atoms.